The van der Waals surface area contributed by atoms with Gasteiger partial charge in [0.05, 0.1) is 9.37 Å². The summed E-state index contributed by atoms with van der Waals surface area (Å²) in [5, 5.41) is 4.82. The summed E-state index contributed by atoms with van der Waals surface area (Å²) in [6, 6.07) is 14.7. The van der Waals surface area contributed by atoms with E-state index in [1.54, 1.807) is 12.1 Å². The largest absolute Gasteiger partial charge is 0.483 e. The van der Waals surface area contributed by atoms with Gasteiger partial charge in [-0.2, -0.15) is 0 Å². The van der Waals surface area contributed by atoms with E-state index in [4.69, 9.17) is 4.74 Å². The molecule has 0 fully saturated rings. The molecule has 0 aliphatic heterocycles. The fraction of sp³-hybridized carbons (Fsp3) is 0.227. The predicted octanol–water partition coefficient (Wildman–Crippen LogP) is 4.49. The molecule has 0 aliphatic rings. The summed E-state index contributed by atoms with van der Waals surface area (Å²) in [6.07, 6.45) is 0. The molecule has 0 heterocycles. The summed E-state index contributed by atoms with van der Waals surface area (Å²) in [5.41, 5.74) is 2.01. The number of hydrogen-bond donors (Lipinski definition) is 1. The molecule has 0 spiro atoms. The number of amides is 1. The number of rotatable bonds is 6. The zero-order chi connectivity index (χ0) is 22.1. The Morgan fingerprint density at radius 1 is 1.10 bits per heavy atom. The first-order valence-electron chi connectivity index (χ1n) is 9.25. The Labute approximate surface area is 185 Å². The molecule has 158 valence electrons. The number of halogens is 1. The van der Waals surface area contributed by atoms with Crippen molar-refractivity contribution in [3.8, 4) is 5.75 Å². The molecule has 0 saturated carbocycles. The van der Waals surface area contributed by atoms with Crippen LogP contribution in [0.2, 0.25) is 0 Å². The van der Waals surface area contributed by atoms with E-state index in [0.717, 1.165) is 30.7 Å². The average Bonchev–Trinajstić information content (AvgIpc) is 2.70. The number of ether oxygens (including phenoxy) is 1. The Balaban J connectivity index is 1.78. The molecule has 30 heavy (non-hydrogen) atoms. The lowest BCUT2D eigenvalue weighted by atomic mass is 10.1. The van der Waals surface area contributed by atoms with Gasteiger partial charge in [-0.05, 0) is 69.9 Å². The van der Waals surface area contributed by atoms with Crippen LogP contribution in [0.1, 0.15) is 11.1 Å². The van der Waals surface area contributed by atoms with Crippen LogP contribution in [-0.4, -0.2) is 39.3 Å². The van der Waals surface area contributed by atoms with Crippen molar-refractivity contribution >= 4 is 48.3 Å². The summed E-state index contributed by atoms with van der Waals surface area (Å²) >= 11 is 3.54. The topological polar surface area (TPSA) is 75.7 Å². The van der Waals surface area contributed by atoms with Gasteiger partial charge in [-0.15, -0.1) is 0 Å². The first-order chi connectivity index (χ1) is 14.1. The maximum Gasteiger partial charge on any atom is 0.262 e. The number of sulfonamides is 1. The van der Waals surface area contributed by atoms with Crippen molar-refractivity contribution in [1.82, 2.24) is 4.31 Å². The molecule has 3 rings (SSSR count). The first kappa shape index (κ1) is 22.3. The molecule has 8 heteroatoms. The van der Waals surface area contributed by atoms with Crippen molar-refractivity contribution in [2.24, 2.45) is 0 Å². The SMILES string of the molecule is Cc1cc(S(=O)(=O)N(C)C)cc(NC(=O)COc2ccc3ccccc3c2Br)c1C. The first-order valence-corrected chi connectivity index (χ1v) is 11.5. The number of carbonyl (C=O) groups is 1. The highest BCUT2D eigenvalue weighted by Gasteiger charge is 2.20. The van der Waals surface area contributed by atoms with Crippen molar-refractivity contribution in [2.45, 2.75) is 18.7 Å². The Kier molecular flexibility index (Phi) is 6.50. The van der Waals surface area contributed by atoms with E-state index in [9.17, 15) is 13.2 Å². The second-order valence-electron chi connectivity index (χ2n) is 7.14. The van der Waals surface area contributed by atoms with E-state index in [2.05, 4.69) is 21.2 Å². The minimum absolute atomic E-state index is 0.129. The predicted molar refractivity (Wildman–Crippen MR) is 123 cm³/mol. The van der Waals surface area contributed by atoms with Crippen LogP contribution in [0.15, 0.2) is 57.9 Å². The van der Waals surface area contributed by atoms with E-state index >= 15 is 0 Å². The van der Waals surface area contributed by atoms with Gasteiger partial charge in [-0.3, -0.25) is 4.79 Å². The molecule has 0 aliphatic carbocycles. The lowest BCUT2D eigenvalue weighted by Crippen LogP contribution is -2.24. The van der Waals surface area contributed by atoms with Crippen LogP contribution in [0.3, 0.4) is 0 Å². The van der Waals surface area contributed by atoms with Gasteiger partial charge in [-0.25, -0.2) is 12.7 Å². The monoisotopic (exact) mass is 490 g/mol. The molecule has 3 aromatic carbocycles. The third-order valence-corrected chi connectivity index (χ3v) is 7.49. The van der Waals surface area contributed by atoms with Crippen molar-refractivity contribution in [2.75, 3.05) is 26.0 Å². The molecule has 3 aromatic rings. The normalized spacial score (nSPS) is 11.7. The summed E-state index contributed by atoms with van der Waals surface area (Å²) in [5.74, 6) is 0.178. The van der Waals surface area contributed by atoms with E-state index in [-0.39, 0.29) is 17.4 Å². The number of fused-ring (bicyclic) bond motifs is 1. The van der Waals surface area contributed by atoms with Crippen LogP contribution in [0, 0.1) is 13.8 Å². The number of nitrogens with zero attached hydrogens (tertiary/aromatic N) is 1. The van der Waals surface area contributed by atoms with Crippen LogP contribution in [0.25, 0.3) is 10.8 Å². The van der Waals surface area contributed by atoms with Gasteiger partial charge in [0.1, 0.15) is 5.75 Å². The van der Waals surface area contributed by atoms with Crippen LogP contribution >= 0.6 is 15.9 Å². The Hall–Kier alpha value is -2.42. The second-order valence-corrected chi connectivity index (χ2v) is 10.1. The number of nitrogens with one attached hydrogen (secondary N) is 1. The van der Waals surface area contributed by atoms with Gasteiger partial charge in [0.2, 0.25) is 10.0 Å². The fourth-order valence-electron chi connectivity index (χ4n) is 2.97. The van der Waals surface area contributed by atoms with Gasteiger partial charge in [0.15, 0.2) is 6.61 Å². The van der Waals surface area contributed by atoms with Crippen LogP contribution in [0.4, 0.5) is 5.69 Å². The quantitative estimate of drug-likeness (QED) is 0.552. The molecular weight excluding hydrogens is 468 g/mol. The van der Waals surface area contributed by atoms with Crippen molar-refractivity contribution in [1.29, 1.82) is 0 Å². The number of hydrogen-bond acceptors (Lipinski definition) is 4. The number of aryl methyl sites for hydroxylation is 1. The molecule has 0 radical (unpaired) electrons. The van der Waals surface area contributed by atoms with Gasteiger partial charge in [0.25, 0.3) is 5.91 Å². The summed E-state index contributed by atoms with van der Waals surface area (Å²) < 4.78 is 32.6. The number of anilines is 1. The zero-order valence-corrected chi connectivity index (χ0v) is 19.6. The fourth-order valence-corrected chi connectivity index (χ4v) is 4.59. The molecule has 6 nitrogen and oxygen atoms in total. The highest BCUT2D eigenvalue weighted by atomic mass is 79.9. The lowest BCUT2D eigenvalue weighted by Gasteiger charge is -2.17. The third-order valence-electron chi connectivity index (χ3n) is 4.88. The van der Waals surface area contributed by atoms with Gasteiger partial charge in [0, 0.05) is 19.8 Å². The summed E-state index contributed by atoms with van der Waals surface area (Å²) in [4.78, 5) is 12.6. The Morgan fingerprint density at radius 3 is 2.50 bits per heavy atom. The van der Waals surface area contributed by atoms with E-state index in [1.807, 2.05) is 44.2 Å². The summed E-state index contributed by atoms with van der Waals surface area (Å²) in [6.45, 7) is 3.43. The van der Waals surface area contributed by atoms with Gasteiger partial charge < -0.3 is 10.1 Å². The highest BCUT2D eigenvalue weighted by Crippen LogP contribution is 2.33. The Morgan fingerprint density at radius 2 is 1.80 bits per heavy atom. The molecule has 0 saturated heterocycles. The van der Waals surface area contributed by atoms with Crippen molar-refractivity contribution in [3.05, 3.63) is 64.1 Å². The smallest absolute Gasteiger partial charge is 0.262 e. The highest BCUT2D eigenvalue weighted by molar-refractivity contribution is 9.10. The molecular formula is C22H23BrN2O4S. The minimum Gasteiger partial charge on any atom is -0.483 e. The van der Waals surface area contributed by atoms with E-state index in [1.165, 1.54) is 20.2 Å². The van der Waals surface area contributed by atoms with E-state index in [0.29, 0.717) is 11.4 Å². The lowest BCUT2D eigenvalue weighted by molar-refractivity contribution is -0.118. The average molecular weight is 491 g/mol. The van der Waals surface area contributed by atoms with Gasteiger partial charge >= 0.3 is 0 Å². The maximum absolute atomic E-state index is 12.5. The van der Waals surface area contributed by atoms with E-state index < -0.39 is 10.0 Å². The molecule has 0 atom stereocenters. The maximum atomic E-state index is 12.5. The molecule has 1 amide bonds. The van der Waals surface area contributed by atoms with Crippen LogP contribution < -0.4 is 10.1 Å². The molecule has 0 bridgehead atoms. The summed E-state index contributed by atoms with van der Waals surface area (Å²) in [7, 11) is -0.671. The standard InChI is InChI=1S/C22H23BrN2O4S/c1-14-11-17(30(27,28)25(3)4)12-19(15(14)2)24-21(26)13-29-20-10-9-16-7-5-6-8-18(16)22(20)23/h5-12H,13H2,1-4H3,(H,24,26). The number of benzene rings is 3. The zero-order valence-electron chi connectivity index (χ0n) is 17.2. The minimum atomic E-state index is -3.61. The van der Waals surface area contributed by atoms with Crippen LogP contribution in [-0.2, 0) is 14.8 Å². The van der Waals surface area contributed by atoms with Crippen molar-refractivity contribution in [3.63, 3.8) is 0 Å². The molecule has 0 unspecified atom stereocenters. The van der Waals surface area contributed by atoms with Gasteiger partial charge in [-0.1, -0.05) is 30.3 Å². The molecule has 0 aromatic heterocycles. The molecule has 1 N–H and O–H groups in total. The number of carbonyl (C=O) groups excluding carboxylic acids is 1. The second kappa shape index (κ2) is 8.75. The Bertz CT molecular complexity index is 1220. The van der Waals surface area contributed by atoms with Crippen LogP contribution in [0.5, 0.6) is 5.75 Å². The third kappa shape index (κ3) is 4.50. The van der Waals surface area contributed by atoms with Crippen molar-refractivity contribution < 1.29 is 17.9 Å².